The number of benzene rings is 1. The third-order valence-electron chi connectivity index (χ3n) is 6.06. The number of carbonyl (C=O) groups excluding carboxylic acids is 1. The van der Waals surface area contributed by atoms with Gasteiger partial charge in [0.15, 0.2) is 0 Å². The average Bonchev–Trinajstić information content (AvgIpc) is 3.04. The molecular formula is C20H29N3O6S. The van der Waals surface area contributed by atoms with Crippen molar-refractivity contribution in [3.05, 3.63) is 23.8 Å². The van der Waals surface area contributed by atoms with Crippen LogP contribution in [0.1, 0.15) is 24.3 Å². The number of amides is 1. The molecule has 166 valence electrons. The number of ether oxygens (including phenoxy) is 2. The smallest absolute Gasteiger partial charge is 0.229 e. The van der Waals surface area contributed by atoms with Crippen LogP contribution in [-0.2, 0) is 19.6 Å². The number of sulfonamides is 1. The van der Waals surface area contributed by atoms with Crippen molar-refractivity contribution in [2.24, 2.45) is 0 Å². The van der Waals surface area contributed by atoms with Crippen molar-refractivity contribution in [3.8, 4) is 5.75 Å². The standard InChI is InChI=1S/C20H29N3O6S/c1-22-5-7-23(8-6-22)19(25)11-14-10-16-15-9-13(21-30(2,26)27)3-4-17(15)29-20(16)18(12-24)28-14/h3-4,9,14,16,18,20-21,24H,5-8,10-12H2,1-2H3/t14-,16-,18+,20+/m1/s1. The van der Waals surface area contributed by atoms with Gasteiger partial charge in [-0.3, -0.25) is 9.52 Å². The Labute approximate surface area is 177 Å². The van der Waals surface area contributed by atoms with Crippen LogP contribution in [0.5, 0.6) is 5.75 Å². The fourth-order valence-corrected chi connectivity index (χ4v) is 5.10. The maximum Gasteiger partial charge on any atom is 0.229 e. The number of hydrogen-bond acceptors (Lipinski definition) is 7. The summed E-state index contributed by atoms with van der Waals surface area (Å²) in [5, 5.41) is 9.86. The van der Waals surface area contributed by atoms with Crippen LogP contribution in [0.4, 0.5) is 5.69 Å². The third-order valence-corrected chi connectivity index (χ3v) is 6.67. The van der Waals surface area contributed by atoms with Crippen molar-refractivity contribution in [1.82, 2.24) is 9.80 Å². The number of carbonyl (C=O) groups is 1. The summed E-state index contributed by atoms with van der Waals surface area (Å²) in [4.78, 5) is 16.8. The summed E-state index contributed by atoms with van der Waals surface area (Å²) < 4.78 is 37.7. The molecule has 1 aromatic carbocycles. The Balaban J connectivity index is 1.49. The maximum absolute atomic E-state index is 12.8. The summed E-state index contributed by atoms with van der Waals surface area (Å²) in [7, 11) is -1.35. The van der Waals surface area contributed by atoms with E-state index in [1.807, 2.05) is 11.9 Å². The van der Waals surface area contributed by atoms with Crippen LogP contribution in [0.3, 0.4) is 0 Å². The number of nitrogens with one attached hydrogen (secondary N) is 1. The molecule has 2 saturated heterocycles. The van der Waals surface area contributed by atoms with Crippen LogP contribution in [-0.4, -0.2) is 93.6 Å². The molecule has 4 atom stereocenters. The Kier molecular flexibility index (Phi) is 5.93. The van der Waals surface area contributed by atoms with Crippen LogP contribution in [0.2, 0.25) is 0 Å². The first-order valence-corrected chi connectivity index (χ1v) is 12.1. The monoisotopic (exact) mass is 439 g/mol. The molecular weight excluding hydrogens is 410 g/mol. The number of likely N-dealkylation sites (N-methyl/N-ethyl adjacent to an activating group) is 1. The van der Waals surface area contributed by atoms with E-state index in [-0.39, 0.29) is 37.1 Å². The molecule has 3 aliphatic heterocycles. The zero-order chi connectivity index (χ0) is 21.5. The van der Waals surface area contributed by atoms with E-state index < -0.39 is 16.1 Å². The minimum atomic E-state index is -3.39. The van der Waals surface area contributed by atoms with Gasteiger partial charge < -0.3 is 24.4 Å². The maximum atomic E-state index is 12.8. The van der Waals surface area contributed by atoms with E-state index in [1.165, 1.54) is 0 Å². The first-order valence-electron chi connectivity index (χ1n) is 10.2. The van der Waals surface area contributed by atoms with Crippen molar-refractivity contribution >= 4 is 21.6 Å². The van der Waals surface area contributed by atoms with E-state index in [9.17, 15) is 18.3 Å². The minimum absolute atomic E-state index is 0.0647. The number of aliphatic hydroxyl groups excluding tert-OH is 1. The zero-order valence-corrected chi connectivity index (χ0v) is 18.1. The average molecular weight is 440 g/mol. The molecule has 0 aliphatic carbocycles. The molecule has 1 amide bonds. The summed E-state index contributed by atoms with van der Waals surface area (Å²) in [6, 6.07) is 5.17. The zero-order valence-electron chi connectivity index (χ0n) is 17.3. The predicted octanol–water partition coefficient (Wildman–Crippen LogP) is 0.217. The van der Waals surface area contributed by atoms with Gasteiger partial charge in [0.1, 0.15) is 18.0 Å². The lowest BCUT2D eigenvalue weighted by molar-refractivity contribution is -0.150. The van der Waals surface area contributed by atoms with E-state index in [4.69, 9.17) is 9.47 Å². The second kappa shape index (κ2) is 8.33. The number of piperazine rings is 1. The quantitative estimate of drug-likeness (QED) is 0.675. The molecule has 2 fully saturated rings. The van der Waals surface area contributed by atoms with Gasteiger partial charge in [0.05, 0.1) is 25.4 Å². The van der Waals surface area contributed by atoms with Gasteiger partial charge >= 0.3 is 0 Å². The van der Waals surface area contributed by atoms with Gasteiger partial charge in [0.25, 0.3) is 0 Å². The summed E-state index contributed by atoms with van der Waals surface area (Å²) in [5.41, 5.74) is 1.35. The van der Waals surface area contributed by atoms with Crippen molar-refractivity contribution < 1.29 is 27.8 Å². The Bertz CT molecular complexity index is 900. The van der Waals surface area contributed by atoms with Gasteiger partial charge in [-0.1, -0.05) is 0 Å². The Morgan fingerprint density at radius 1 is 1.27 bits per heavy atom. The third kappa shape index (κ3) is 4.56. The molecule has 0 saturated carbocycles. The molecule has 0 aromatic heterocycles. The highest BCUT2D eigenvalue weighted by molar-refractivity contribution is 7.92. The van der Waals surface area contributed by atoms with Crippen LogP contribution in [0.25, 0.3) is 0 Å². The lowest BCUT2D eigenvalue weighted by Gasteiger charge is -2.38. The van der Waals surface area contributed by atoms with E-state index in [2.05, 4.69) is 9.62 Å². The molecule has 30 heavy (non-hydrogen) atoms. The summed E-state index contributed by atoms with van der Waals surface area (Å²) >= 11 is 0. The van der Waals surface area contributed by atoms with Crippen LogP contribution < -0.4 is 9.46 Å². The van der Waals surface area contributed by atoms with Crippen LogP contribution in [0.15, 0.2) is 18.2 Å². The molecule has 0 spiro atoms. The fraction of sp³-hybridized carbons (Fsp3) is 0.650. The number of nitrogens with zero attached hydrogens (tertiary/aromatic N) is 2. The van der Waals surface area contributed by atoms with Crippen molar-refractivity contribution in [2.45, 2.75) is 37.1 Å². The predicted molar refractivity (Wildman–Crippen MR) is 111 cm³/mol. The minimum Gasteiger partial charge on any atom is -0.487 e. The summed E-state index contributed by atoms with van der Waals surface area (Å²) in [6.07, 6.45) is 0.740. The molecule has 1 aromatic rings. The topological polar surface area (TPSA) is 108 Å². The van der Waals surface area contributed by atoms with Gasteiger partial charge in [-0.2, -0.15) is 0 Å². The fourth-order valence-electron chi connectivity index (χ4n) is 4.55. The van der Waals surface area contributed by atoms with Crippen molar-refractivity contribution in [1.29, 1.82) is 0 Å². The van der Waals surface area contributed by atoms with Crippen LogP contribution >= 0.6 is 0 Å². The SMILES string of the molecule is CN1CCN(C(=O)C[C@H]2C[C@@H]3c4cc(NS(C)(=O)=O)ccc4O[C@@H]3[C@H](CO)O2)CC1. The first kappa shape index (κ1) is 21.4. The Morgan fingerprint density at radius 2 is 2.00 bits per heavy atom. The normalized spacial score (nSPS) is 29.1. The number of hydrogen-bond donors (Lipinski definition) is 2. The molecule has 4 rings (SSSR count). The lowest BCUT2D eigenvalue weighted by atomic mass is 9.84. The van der Waals surface area contributed by atoms with E-state index >= 15 is 0 Å². The molecule has 10 heteroatoms. The largest absolute Gasteiger partial charge is 0.487 e. The Hall–Kier alpha value is -1.88. The molecule has 3 heterocycles. The first-order chi connectivity index (χ1) is 14.2. The van der Waals surface area contributed by atoms with Crippen molar-refractivity contribution in [2.75, 3.05) is 50.8 Å². The van der Waals surface area contributed by atoms with E-state index in [1.54, 1.807) is 18.2 Å². The van der Waals surface area contributed by atoms with Gasteiger partial charge in [0, 0.05) is 43.3 Å². The highest BCUT2D eigenvalue weighted by atomic mass is 32.2. The molecule has 3 aliphatic rings. The Morgan fingerprint density at radius 3 is 2.67 bits per heavy atom. The van der Waals surface area contributed by atoms with Gasteiger partial charge in [-0.15, -0.1) is 0 Å². The highest BCUT2D eigenvalue weighted by Crippen LogP contribution is 2.47. The number of anilines is 1. The summed E-state index contributed by atoms with van der Waals surface area (Å²) in [5.74, 6) is 0.657. The number of fused-ring (bicyclic) bond motifs is 3. The van der Waals surface area contributed by atoms with E-state index in [0.29, 0.717) is 30.9 Å². The number of rotatable bonds is 5. The molecule has 0 radical (unpaired) electrons. The second-order valence-electron chi connectivity index (χ2n) is 8.42. The summed E-state index contributed by atoms with van der Waals surface area (Å²) in [6.45, 7) is 2.94. The lowest BCUT2D eigenvalue weighted by Crippen LogP contribution is -2.50. The van der Waals surface area contributed by atoms with Crippen LogP contribution in [0, 0.1) is 0 Å². The molecule has 0 bridgehead atoms. The molecule has 9 nitrogen and oxygen atoms in total. The van der Waals surface area contributed by atoms with E-state index in [0.717, 1.165) is 24.9 Å². The van der Waals surface area contributed by atoms with Crippen molar-refractivity contribution in [3.63, 3.8) is 0 Å². The highest BCUT2D eigenvalue weighted by Gasteiger charge is 2.46. The van der Waals surface area contributed by atoms with Gasteiger partial charge in [-0.05, 0) is 31.7 Å². The van der Waals surface area contributed by atoms with Gasteiger partial charge in [0.2, 0.25) is 15.9 Å². The second-order valence-corrected chi connectivity index (χ2v) is 10.2. The number of aliphatic hydroxyl groups is 1. The van der Waals surface area contributed by atoms with Gasteiger partial charge in [-0.25, -0.2) is 8.42 Å². The molecule has 0 unspecified atom stereocenters. The molecule has 2 N–H and O–H groups in total.